The lowest BCUT2D eigenvalue weighted by Gasteiger charge is -2.23. The summed E-state index contributed by atoms with van der Waals surface area (Å²) in [4.78, 5) is 0.0356. The first kappa shape index (κ1) is 28.6. The molecule has 190 valence electrons. The van der Waals surface area contributed by atoms with Crippen LogP contribution in [0.2, 0.25) is 10.0 Å². The smallest absolute Gasteiger partial charge is 0.261 e. The fraction of sp³-hybridized carbons (Fsp3) is 0.400. The summed E-state index contributed by atoms with van der Waals surface area (Å²) in [5.41, 5.74) is 0.545. The van der Waals surface area contributed by atoms with Crippen molar-refractivity contribution >= 4 is 43.3 Å². The zero-order valence-corrected chi connectivity index (χ0v) is 21.7. The van der Waals surface area contributed by atoms with Crippen LogP contribution in [-0.4, -0.2) is 70.5 Å². The van der Waals surface area contributed by atoms with Gasteiger partial charge in [0.1, 0.15) is 0 Å². The Morgan fingerprint density at radius 1 is 1.03 bits per heavy atom. The van der Waals surface area contributed by atoms with Gasteiger partial charge in [-0.15, -0.1) is 0 Å². The minimum absolute atomic E-state index is 0.0356. The third-order valence-corrected chi connectivity index (χ3v) is 7.15. The van der Waals surface area contributed by atoms with E-state index in [9.17, 15) is 21.9 Å². The van der Waals surface area contributed by atoms with E-state index in [0.29, 0.717) is 39.8 Å². The van der Waals surface area contributed by atoms with Crippen LogP contribution in [0, 0.1) is 0 Å². The van der Waals surface area contributed by atoms with Crippen LogP contribution in [-0.2, 0) is 24.9 Å². The summed E-state index contributed by atoms with van der Waals surface area (Å²) in [7, 11) is -4.71. The molecule has 0 spiro atoms. The number of nitrogens with zero attached hydrogens (tertiary/aromatic N) is 1. The maximum atomic E-state index is 13.4. The molecule has 0 bridgehead atoms. The number of aliphatic hydroxyl groups excluding tert-OH is 1. The third kappa shape index (κ3) is 7.43. The van der Waals surface area contributed by atoms with Gasteiger partial charge in [-0.3, -0.25) is 4.55 Å². The van der Waals surface area contributed by atoms with E-state index in [1.54, 1.807) is 18.2 Å². The summed E-state index contributed by atoms with van der Waals surface area (Å²) in [6.07, 6.45) is -0.350. The average Bonchev–Trinajstić information content (AvgIpc) is 3.19. The minimum atomic E-state index is -3.95. The van der Waals surface area contributed by atoms with Gasteiger partial charge in [0.25, 0.3) is 10.1 Å². The second-order valence-corrected chi connectivity index (χ2v) is 11.3. The number of methoxy groups -OCH3 is 2. The number of ether oxygens (including phenoxy) is 3. The van der Waals surface area contributed by atoms with Crippen LogP contribution in [0.5, 0.6) is 11.5 Å². The van der Waals surface area contributed by atoms with Crippen molar-refractivity contribution in [3.63, 3.8) is 0 Å². The highest BCUT2D eigenvalue weighted by molar-refractivity contribution is 7.89. The predicted octanol–water partition coefficient (Wildman–Crippen LogP) is 2.99. The van der Waals surface area contributed by atoms with Gasteiger partial charge in [-0.1, -0.05) is 29.3 Å². The molecule has 2 N–H and O–H groups in total. The molecule has 1 aliphatic heterocycles. The summed E-state index contributed by atoms with van der Waals surface area (Å²) >= 11 is 12.1. The van der Waals surface area contributed by atoms with Gasteiger partial charge in [0.05, 0.1) is 41.5 Å². The van der Waals surface area contributed by atoms with Crippen LogP contribution in [0.4, 0.5) is 0 Å². The molecule has 0 aliphatic carbocycles. The Labute approximate surface area is 208 Å². The van der Waals surface area contributed by atoms with E-state index >= 15 is 0 Å². The lowest BCUT2D eigenvalue weighted by atomic mass is 10.2. The fourth-order valence-electron chi connectivity index (χ4n) is 3.14. The summed E-state index contributed by atoms with van der Waals surface area (Å²) in [6, 6.07) is 9.21. The van der Waals surface area contributed by atoms with Crippen LogP contribution in [0.15, 0.2) is 41.3 Å². The predicted molar refractivity (Wildman–Crippen MR) is 127 cm³/mol. The number of halogens is 2. The van der Waals surface area contributed by atoms with Crippen molar-refractivity contribution in [1.82, 2.24) is 4.31 Å². The summed E-state index contributed by atoms with van der Waals surface area (Å²) in [5.74, 6) is 0.718. The van der Waals surface area contributed by atoms with Crippen LogP contribution in [0.25, 0.3) is 0 Å². The zero-order chi connectivity index (χ0) is 25.7. The van der Waals surface area contributed by atoms with Gasteiger partial charge in [-0.2, -0.15) is 12.7 Å². The van der Waals surface area contributed by atoms with Crippen molar-refractivity contribution in [3.8, 4) is 11.5 Å². The van der Waals surface area contributed by atoms with E-state index in [1.165, 1.54) is 36.7 Å². The molecule has 0 amide bonds. The van der Waals surface area contributed by atoms with Gasteiger partial charge in [0, 0.05) is 19.2 Å². The first-order valence-electron chi connectivity index (χ1n) is 9.69. The van der Waals surface area contributed by atoms with Crippen molar-refractivity contribution in [2.75, 3.05) is 33.6 Å². The van der Waals surface area contributed by atoms with E-state index in [0.717, 1.165) is 0 Å². The maximum absolute atomic E-state index is 13.4. The molecule has 14 heteroatoms. The molecule has 10 nitrogen and oxygen atoms in total. The Morgan fingerprint density at radius 2 is 1.65 bits per heavy atom. The minimum Gasteiger partial charge on any atom is -0.493 e. The lowest BCUT2D eigenvalue weighted by molar-refractivity contribution is 0.0111. The molecule has 0 radical (unpaired) electrons. The Bertz CT molecular complexity index is 1200. The standard InChI is InChI=1S/C19H21Cl2NO6S.CH4O3S/c1-26-17-6-4-14(10-18(17)27-2)29(24,25)22-11-13(7-8-23)28-19(22)12-3-5-15(20)16(21)9-12;1-5(2,3)4/h3-6,9-10,13,19,23H,7-8,11H2,1-2H3;1H3,(H,2,3,4)/t13-,19?;/m1./s1. The van der Waals surface area contributed by atoms with Crippen molar-refractivity contribution in [2.45, 2.75) is 23.6 Å². The second-order valence-electron chi connectivity index (χ2n) is 7.12. The van der Waals surface area contributed by atoms with E-state index in [-0.39, 0.29) is 18.0 Å². The van der Waals surface area contributed by atoms with Gasteiger partial charge in [0.2, 0.25) is 10.0 Å². The molecule has 1 aliphatic rings. The SMILES string of the molecule is COc1ccc(S(=O)(=O)N2C[C@@H](CCO)OC2c2ccc(Cl)c(Cl)c2)cc1OC.CS(=O)(=O)O. The number of benzene rings is 2. The van der Waals surface area contributed by atoms with E-state index in [4.69, 9.17) is 42.0 Å². The zero-order valence-electron chi connectivity index (χ0n) is 18.5. The molecule has 3 rings (SSSR count). The van der Waals surface area contributed by atoms with Gasteiger partial charge in [-0.05, 0) is 36.2 Å². The number of sulfonamides is 1. The van der Waals surface area contributed by atoms with E-state index < -0.39 is 32.5 Å². The van der Waals surface area contributed by atoms with Gasteiger partial charge in [0.15, 0.2) is 17.7 Å². The molecular formula is C20H25Cl2NO9S2. The van der Waals surface area contributed by atoms with E-state index in [1.807, 2.05) is 0 Å². The second kappa shape index (κ2) is 11.9. The lowest BCUT2D eigenvalue weighted by Crippen LogP contribution is -2.32. The highest BCUT2D eigenvalue weighted by Gasteiger charge is 2.42. The molecule has 1 heterocycles. The Morgan fingerprint density at radius 3 is 2.18 bits per heavy atom. The molecule has 34 heavy (non-hydrogen) atoms. The highest BCUT2D eigenvalue weighted by Crippen LogP contribution is 2.39. The maximum Gasteiger partial charge on any atom is 0.261 e. The Balaban J connectivity index is 0.000000739. The van der Waals surface area contributed by atoms with Crippen LogP contribution < -0.4 is 9.47 Å². The molecule has 1 saturated heterocycles. The Kier molecular flexibility index (Phi) is 9.98. The molecule has 2 aromatic rings. The van der Waals surface area contributed by atoms with Gasteiger partial charge < -0.3 is 19.3 Å². The summed E-state index contributed by atoms with van der Waals surface area (Å²) < 4.78 is 70.3. The molecule has 1 fully saturated rings. The fourth-order valence-corrected chi connectivity index (χ4v) is 5.00. The highest BCUT2D eigenvalue weighted by atomic mass is 35.5. The molecule has 1 unspecified atom stereocenters. The molecule has 0 aromatic heterocycles. The number of hydrogen-bond donors (Lipinski definition) is 2. The first-order valence-corrected chi connectivity index (χ1v) is 13.7. The quantitative estimate of drug-likeness (QED) is 0.491. The van der Waals surface area contributed by atoms with Gasteiger partial charge in [-0.25, -0.2) is 8.42 Å². The third-order valence-electron chi connectivity index (χ3n) is 4.61. The number of hydrogen-bond acceptors (Lipinski definition) is 8. The van der Waals surface area contributed by atoms with Crippen LogP contribution >= 0.6 is 23.2 Å². The largest absolute Gasteiger partial charge is 0.493 e. The van der Waals surface area contributed by atoms with Crippen molar-refractivity contribution < 1.29 is 40.7 Å². The normalized spacial score (nSPS) is 18.8. The van der Waals surface area contributed by atoms with Crippen LogP contribution in [0.1, 0.15) is 18.2 Å². The van der Waals surface area contributed by atoms with Crippen molar-refractivity contribution in [2.24, 2.45) is 0 Å². The Hall–Kier alpha value is -1.64. The van der Waals surface area contributed by atoms with E-state index in [2.05, 4.69) is 0 Å². The first-order chi connectivity index (χ1) is 15.8. The molecule has 0 saturated carbocycles. The topological polar surface area (TPSA) is 140 Å². The average molecular weight is 558 g/mol. The van der Waals surface area contributed by atoms with Crippen LogP contribution in [0.3, 0.4) is 0 Å². The molecular weight excluding hydrogens is 533 g/mol. The van der Waals surface area contributed by atoms with Crippen molar-refractivity contribution in [1.29, 1.82) is 0 Å². The monoisotopic (exact) mass is 557 g/mol. The summed E-state index contributed by atoms with van der Waals surface area (Å²) in [5, 5.41) is 9.93. The number of aliphatic hydroxyl groups is 1. The molecule has 2 aromatic carbocycles. The summed E-state index contributed by atoms with van der Waals surface area (Å²) in [6.45, 7) is -0.0366. The molecule has 2 atom stereocenters. The van der Waals surface area contributed by atoms with Gasteiger partial charge >= 0.3 is 0 Å². The number of rotatable bonds is 7. The van der Waals surface area contributed by atoms with Crippen molar-refractivity contribution in [3.05, 3.63) is 52.0 Å².